The number of anilines is 1. The van der Waals surface area contributed by atoms with E-state index >= 15 is 0 Å². The van der Waals surface area contributed by atoms with Crippen molar-refractivity contribution in [3.05, 3.63) is 64.7 Å². The maximum Gasteiger partial charge on any atom is 0.244 e. The molecule has 2 amide bonds. The smallest absolute Gasteiger partial charge is 0.244 e. The molecule has 0 aliphatic carbocycles. The highest BCUT2D eigenvalue weighted by atomic mass is 35.5. The highest BCUT2D eigenvalue weighted by Gasteiger charge is 2.32. The Morgan fingerprint density at radius 1 is 1.03 bits per heavy atom. The highest BCUT2D eigenvalue weighted by Crippen LogP contribution is 2.29. The van der Waals surface area contributed by atoms with Crippen molar-refractivity contribution < 1.29 is 18.0 Å². The summed E-state index contributed by atoms with van der Waals surface area (Å²) in [7, 11) is -3.79. The van der Waals surface area contributed by atoms with Crippen molar-refractivity contribution in [2.45, 2.75) is 65.6 Å². The zero-order valence-corrected chi connectivity index (χ0v) is 23.1. The Hall–Kier alpha value is -2.58. The van der Waals surface area contributed by atoms with Crippen molar-refractivity contribution >= 4 is 39.1 Å². The molecule has 1 atom stereocenters. The number of hydrogen-bond donors (Lipinski definition) is 1. The van der Waals surface area contributed by atoms with E-state index in [-0.39, 0.29) is 18.4 Å². The number of amides is 2. The van der Waals surface area contributed by atoms with E-state index in [2.05, 4.69) is 5.32 Å². The number of nitrogens with one attached hydrogen (secondary N) is 1. The predicted octanol–water partition coefficient (Wildman–Crippen LogP) is 4.56. The first-order chi connectivity index (χ1) is 16.1. The molecular formula is C26H36ClN3O4S. The molecule has 0 bridgehead atoms. The molecule has 0 saturated carbocycles. The molecule has 0 heterocycles. The number of nitrogens with zero attached hydrogens (tertiary/aromatic N) is 2. The molecule has 35 heavy (non-hydrogen) atoms. The quantitative estimate of drug-likeness (QED) is 0.524. The van der Waals surface area contributed by atoms with E-state index < -0.39 is 34.1 Å². The standard InChI is InChI=1S/C26H36ClN3O4S/c1-18(2)22-13-8-9-14-23(22)30(35(7,33)34)17-24(31)29(16-20-11-10-12-21(27)15-20)19(3)25(32)28-26(4,5)6/h8-15,18-19H,16-17H2,1-7H3,(H,28,32). The van der Waals surface area contributed by atoms with Crippen molar-refractivity contribution in [1.29, 1.82) is 0 Å². The lowest BCUT2D eigenvalue weighted by Gasteiger charge is -2.33. The number of sulfonamides is 1. The van der Waals surface area contributed by atoms with Gasteiger partial charge < -0.3 is 10.2 Å². The number of hydrogen-bond acceptors (Lipinski definition) is 4. The minimum Gasteiger partial charge on any atom is -0.350 e. The highest BCUT2D eigenvalue weighted by molar-refractivity contribution is 7.92. The second-order valence-corrected chi connectivity index (χ2v) is 12.4. The molecule has 0 aliphatic rings. The van der Waals surface area contributed by atoms with E-state index in [9.17, 15) is 18.0 Å². The average molecular weight is 522 g/mol. The number of benzene rings is 2. The van der Waals surface area contributed by atoms with Crippen molar-refractivity contribution in [2.75, 3.05) is 17.1 Å². The van der Waals surface area contributed by atoms with Gasteiger partial charge in [0.15, 0.2) is 0 Å². The number of halogens is 1. The van der Waals surface area contributed by atoms with Gasteiger partial charge in [-0.1, -0.05) is 55.8 Å². The van der Waals surface area contributed by atoms with Crippen LogP contribution in [0.15, 0.2) is 48.5 Å². The normalized spacial score (nSPS) is 12.8. The van der Waals surface area contributed by atoms with Gasteiger partial charge in [0.05, 0.1) is 11.9 Å². The summed E-state index contributed by atoms with van der Waals surface area (Å²) >= 11 is 6.14. The Bertz CT molecular complexity index is 1160. The molecule has 7 nitrogen and oxygen atoms in total. The fraction of sp³-hybridized carbons (Fsp3) is 0.462. The summed E-state index contributed by atoms with van der Waals surface area (Å²) in [5.74, 6) is -0.781. The lowest BCUT2D eigenvalue weighted by Crippen LogP contribution is -2.54. The molecule has 2 aromatic carbocycles. The van der Waals surface area contributed by atoms with Crippen LogP contribution >= 0.6 is 11.6 Å². The average Bonchev–Trinajstić information content (AvgIpc) is 2.73. The van der Waals surface area contributed by atoms with Gasteiger partial charge in [0.25, 0.3) is 0 Å². The Morgan fingerprint density at radius 3 is 2.20 bits per heavy atom. The van der Waals surface area contributed by atoms with Gasteiger partial charge in [-0.25, -0.2) is 8.42 Å². The Balaban J connectivity index is 2.47. The first-order valence-electron chi connectivity index (χ1n) is 11.5. The topological polar surface area (TPSA) is 86.8 Å². The van der Waals surface area contributed by atoms with Crippen molar-refractivity contribution in [3.8, 4) is 0 Å². The van der Waals surface area contributed by atoms with E-state index in [4.69, 9.17) is 11.6 Å². The van der Waals surface area contributed by atoms with Gasteiger partial charge in [-0.15, -0.1) is 0 Å². The van der Waals surface area contributed by atoms with Crippen LogP contribution in [0.3, 0.4) is 0 Å². The van der Waals surface area contributed by atoms with Crippen LogP contribution < -0.4 is 9.62 Å². The maximum absolute atomic E-state index is 13.7. The van der Waals surface area contributed by atoms with Crippen LogP contribution in [-0.2, 0) is 26.2 Å². The van der Waals surface area contributed by atoms with Crippen LogP contribution in [0.4, 0.5) is 5.69 Å². The van der Waals surface area contributed by atoms with Crippen LogP contribution in [0.5, 0.6) is 0 Å². The van der Waals surface area contributed by atoms with Gasteiger partial charge in [0.2, 0.25) is 21.8 Å². The monoisotopic (exact) mass is 521 g/mol. The van der Waals surface area contributed by atoms with Crippen molar-refractivity contribution in [2.24, 2.45) is 0 Å². The second kappa shape index (κ2) is 11.4. The fourth-order valence-corrected chi connectivity index (χ4v) is 4.77. The molecule has 2 rings (SSSR count). The molecule has 1 unspecified atom stereocenters. The number of rotatable bonds is 9. The molecule has 0 aliphatic heterocycles. The summed E-state index contributed by atoms with van der Waals surface area (Å²) < 4.78 is 26.8. The van der Waals surface area contributed by atoms with E-state index in [1.54, 1.807) is 37.3 Å². The molecule has 0 aromatic heterocycles. The molecule has 0 spiro atoms. The second-order valence-electron chi connectivity index (χ2n) is 10.0. The molecular weight excluding hydrogens is 486 g/mol. The number of para-hydroxylation sites is 1. The molecule has 0 radical (unpaired) electrons. The summed E-state index contributed by atoms with van der Waals surface area (Å²) in [6.07, 6.45) is 1.08. The SMILES string of the molecule is CC(C)c1ccccc1N(CC(=O)N(Cc1cccc(Cl)c1)C(C)C(=O)NC(C)(C)C)S(C)(=O)=O. The summed E-state index contributed by atoms with van der Waals surface area (Å²) in [5.41, 5.74) is 1.50. The van der Waals surface area contributed by atoms with E-state index in [0.717, 1.165) is 21.7 Å². The lowest BCUT2D eigenvalue weighted by molar-refractivity contribution is -0.140. The Labute approximate surface area is 214 Å². The van der Waals surface area contributed by atoms with Crippen molar-refractivity contribution in [1.82, 2.24) is 10.2 Å². The first-order valence-corrected chi connectivity index (χ1v) is 13.8. The zero-order chi connectivity index (χ0) is 26.6. The molecule has 9 heteroatoms. The van der Waals surface area contributed by atoms with Crippen LogP contribution in [0.2, 0.25) is 5.02 Å². The molecule has 2 aromatic rings. The third-order valence-corrected chi connectivity index (χ3v) is 6.78. The molecule has 192 valence electrons. The van der Waals surface area contributed by atoms with Gasteiger partial charge in [0.1, 0.15) is 12.6 Å². The summed E-state index contributed by atoms with van der Waals surface area (Å²) in [6, 6.07) is 13.3. The molecule has 1 N–H and O–H groups in total. The zero-order valence-electron chi connectivity index (χ0n) is 21.5. The third-order valence-electron chi connectivity index (χ3n) is 5.41. The van der Waals surface area contributed by atoms with Crippen LogP contribution in [0, 0.1) is 0 Å². The third kappa shape index (κ3) is 8.25. The first kappa shape index (κ1) is 28.7. The van der Waals surface area contributed by atoms with Gasteiger partial charge >= 0.3 is 0 Å². The molecule has 0 saturated heterocycles. The number of carbonyl (C=O) groups excluding carboxylic acids is 2. The van der Waals surface area contributed by atoms with Crippen LogP contribution in [-0.4, -0.2) is 49.5 Å². The number of carbonyl (C=O) groups is 2. The Morgan fingerprint density at radius 2 is 1.66 bits per heavy atom. The predicted molar refractivity (Wildman–Crippen MR) is 142 cm³/mol. The van der Waals surface area contributed by atoms with Crippen molar-refractivity contribution in [3.63, 3.8) is 0 Å². The maximum atomic E-state index is 13.7. The summed E-state index contributed by atoms with van der Waals surface area (Å²) in [4.78, 5) is 28.0. The van der Waals surface area contributed by atoms with E-state index in [1.165, 1.54) is 4.90 Å². The Kier molecular flexibility index (Phi) is 9.36. The van der Waals surface area contributed by atoms with Gasteiger partial charge in [-0.05, 0) is 62.9 Å². The fourth-order valence-electron chi connectivity index (χ4n) is 3.69. The van der Waals surface area contributed by atoms with Gasteiger partial charge in [-0.3, -0.25) is 13.9 Å². The minimum absolute atomic E-state index is 0.0459. The van der Waals surface area contributed by atoms with E-state index in [1.807, 2.05) is 52.8 Å². The van der Waals surface area contributed by atoms with Gasteiger partial charge in [0, 0.05) is 17.1 Å². The largest absolute Gasteiger partial charge is 0.350 e. The lowest BCUT2D eigenvalue weighted by atomic mass is 10.0. The van der Waals surface area contributed by atoms with E-state index in [0.29, 0.717) is 10.7 Å². The summed E-state index contributed by atoms with van der Waals surface area (Å²) in [5, 5.41) is 3.40. The van der Waals surface area contributed by atoms with Crippen LogP contribution in [0.1, 0.15) is 58.6 Å². The molecule has 0 fully saturated rings. The minimum atomic E-state index is -3.79. The summed E-state index contributed by atoms with van der Waals surface area (Å²) in [6.45, 7) is 10.8. The van der Waals surface area contributed by atoms with Gasteiger partial charge in [-0.2, -0.15) is 0 Å². The van der Waals surface area contributed by atoms with Crippen LogP contribution in [0.25, 0.3) is 0 Å².